The van der Waals surface area contributed by atoms with Gasteiger partial charge in [-0.2, -0.15) is 0 Å². The van der Waals surface area contributed by atoms with Crippen molar-refractivity contribution >= 4 is 0 Å². The molecule has 4 N–H and O–H groups in total. The Morgan fingerprint density at radius 2 is 1.00 bits per heavy atom. The van der Waals surface area contributed by atoms with Crippen LogP contribution in [0.4, 0.5) is 0 Å². The highest BCUT2D eigenvalue weighted by Crippen LogP contribution is 2.14. The van der Waals surface area contributed by atoms with Crippen molar-refractivity contribution in [3.8, 4) is 0 Å². The summed E-state index contributed by atoms with van der Waals surface area (Å²) in [5, 5.41) is 19.1. The van der Waals surface area contributed by atoms with Gasteiger partial charge in [-0.25, -0.2) is 0 Å². The lowest BCUT2D eigenvalue weighted by atomic mass is 10.0. The first-order chi connectivity index (χ1) is 11.2. The lowest BCUT2D eigenvalue weighted by Gasteiger charge is -2.13. The van der Waals surface area contributed by atoms with Crippen molar-refractivity contribution in [3.05, 3.63) is 0 Å². The summed E-state index contributed by atoms with van der Waals surface area (Å²) in [7, 11) is 0. The van der Waals surface area contributed by atoms with Gasteiger partial charge in [0.1, 0.15) is 0 Å². The number of hydrogen-bond donors (Lipinski definition) is 3. The second-order valence-corrected chi connectivity index (χ2v) is 7.16. The van der Waals surface area contributed by atoms with E-state index >= 15 is 0 Å². The van der Waals surface area contributed by atoms with Crippen LogP contribution >= 0.6 is 0 Å². The smallest absolute Gasteiger partial charge is 0.0687 e. The molecule has 0 saturated carbocycles. The van der Waals surface area contributed by atoms with Crippen LogP contribution in [0.2, 0.25) is 0 Å². The third kappa shape index (κ3) is 18.1. The van der Waals surface area contributed by atoms with Crippen molar-refractivity contribution in [2.45, 2.75) is 122 Å². The van der Waals surface area contributed by atoms with Crippen LogP contribution in [-0.4, -0.2) is 29.0 Å². The monoisotopic (exact) mass is 329 g/mol. The van der Waals surface area contributed by atoms with Crippen LogP contribution in [0.25, 0.3) is 0 Å². The highest BCUT2D eigenvalue weighted by Gasteiger charge is 2.09. The van der Waals surface area contributed by atoms with Gasteiger partial charge in [0.15, 0.2) is 0 Å². The zero-order valence-corrected chi connectivity index (χ0v) is 15.6. The van der Waals surface area contributed by atoms with Gasteiger partial charge in [-0.1, -0.05) is 96.8 Å². The molecule has 0 bridgehead atoms. The molecule has 2 atom stereocenters. The van der Waals surface area contributed by atoms with Crippen molar-refractivity contribution in [3.63, 3.8) is 0 Å². The van der Waals surface area contributed by atoms with Crippen LogP contribution in [0.5, 0.6) is 0 Å². The lowest BCUT2D eigenvalue weighted by molar-refractivity contribution is 0.0783. The number of hydrogen-bond acceptors (Lipinski definition) is 3. The maximum Gasteiger partial charge on any atom is 0.0687 e. The normalized spacial score (nSPS) is 14.1. The summed E-state index contributed by atoms with van der Waals surface area (Å²) in [6.45, 7) is 2.52. The first kappa shape index (κ1) is 22.9. The highest BCUT2D eigenvalue weighted by atomic mass is 16.3. The summed E-state index contributed by atoms with van der Waals surface area (Å²) in [4.78, 5) is 0. The van der Waals surface area contributed by atoms with Gasteiger partial charge in [0.2, 0.25) is 0 Å². The first-order valence-corrected chi connectivity index (χ1v) is 10.3. The Morgan fingerprint density at radius 3 is 1.39 bits per heavy atom. The SMILES string of the molecule is CCCCCCCCCCCCCCCCC(O)CC(O)CN. The maximum atomic E-state index is 9.73. The quantitative estimate of drug-likeness (QED) is 0.312. The molecule has 140 valence electrons. The topological polar surface area (TPSA) is 66.5 Å². The second-order valence-electron chi connectivity index (χ2n) is 7.16. The maximum absolute atomic E-state index is 9.73. The summed E-state index contributed by atoms with van der Waals surface area (Å²) >= 11 is 0. The number of nitrogens with two attached hydrogens (primary N) is 1. The van der Waals surface area contributed by atoms with E-state index in [1.807, 2.05) is 0 Å². The minimum atomic E-state index is -0.545. The predicted octanol–water partition coefficient (Wildman–Crippen LogP) is 4.93. The van der Waals surface area contributed by atoms with Crippen molar-refractivity contribution in [1.82, 2.24) is 0 Å². The molecule has 0 heterocycles. The fourth-order valence-corrected chi connectivity index (χ4v) is 3.10. The summed E-state index contributed by atoms with van der Waals surface area (Å²) in [5.41, 5.74) is 5.34. The Bertz CT molecular complexity index is 224. The van der Waals surface area contributed by atoms with E-state index in [4.69, 9.17) is 5.73 Å². The van der Waals surface area contributed by atoms with Gasteiger partial charge in [-0.15, -0.1) is 0 Å². The van der Waals surface area contributed by atoms with Gasteiger partial charge in [0.25, 0.3) is 0 Å². The summed E-state index contributed by atoms with van der Waals surface area (Å²) in [6.07, 6.45) is 19.2. The van der Waals surface area contributed by atoms with Crippen LogP contribution in [0, 0.1) is 0 Å². The van der Waals surface area contributed by atoms with Gasteiger partial charge in [0.05, 0.1) is 12.2 Å². The molecule has 0 spiro atoms. The van der Waals surface area contributed by atoms with Crippen LogP contribution in [0.3, 0.4) is 0 Å². The minimum Gasteiger partial charge on any atom is -0.393 e. The molecule has 3 nitrogen and oxygen atoms in total. The summed E-state index contributed by atoms with van der Waals surface area (Å²) in [5.74, 6) is 0. The molecule has 2 unspecified atom stereocenters. The standard InChI is InChI=1S/C20H43NO2/c1-2-3-4-5-6-7-8-9-10-11-12-13-14-15-16-19(22)17-20(23)18-21/h19-20,22-23H,2-18,21H2,1H3. The van der Waals surface area contributed by atoms with Gasteiger partial charge in [0, 0.05) is 13.0 Å². The fourth-order valence-electron chi connectivity index (χ4n) is 3.10. The van der Waals surface area contributed by atoms with E-state index in [-0.39, 0.29) is 12.6 Å². The number of aliphatic hydroxyl groups excluding tert-OH is 2. The van der Waals surface area contributed by atoms with Crippen molar-refractivity contribution in [1.29, 1.82) is 0 Å². The molecule has 0 aromatic carbocycles. The Kier molecular flexibility index (Phi) is 18.1. The zero-order valence-electron chi connectivity index (χ0n) is 15.6. The Labute approximate surface area is 145 Å². The molecule has 0 rings (SSSR count). The summed E-state index contributed by atoms with van der Waals surface area (Å²) < 4.78 is 0. The average Bonchev–Trinajstić information content (AvgIpc) is 2.55. The molecule has 0 radical (unpaired) electrons. The predicted molar refractivity (Wildman–Crippen MR) is 101 cm³/mol. The molecule has 0 amide bonds. The molecule has 0 aliphatic heterocycles. The van der Waals surface area contributed by atoms with Crippen LogP contribution < -0.4 is 5.73 Å². The Morgan fingerprint density at radius 1 is 0.609 bits per heavy atom. The van der Waals surface area contributed by atoms with Gasteiger partial charge in [-0.3, -0.25) is 0 Å². The van der Waals surface area contributed by atoms with Crippen LogP contribution in [0.15, 0.2) is 0 Å². The molecule has 0 aliphatic carbocycles. The highest BCUT2D eigenvalue weighted by molar-refractivity contribution is 4.64. The molecule has 0 saturated heterocycles. The van der Waals surface area contributed by atoms with Crippen molar-refractivity contribution in [2.75, 3.05) is 6.54 Å². The first-order valence-electron chi connectivity index (χ1n) is 10.3. The van der Waals surface area contributed by atoms with Crippen LogP contribution in [0.1, 0.15) is 110 Å². The Balaban J connectivity index is 3.10. The Hall–Kier alpha value is -0.120. The van der Waals surface area contributed by atoms with Crippen LogP contribution in [-0.2, 0) is 0 Å². The molecular weight excluding hydrogens is 286 g/mol. The third-order valence-electron chi connectivity index (χ3n) is 4.71. The number of rotatable bonds is 18. The number of aliphatic hydroxyl groups is 2. The molecular formula is C20H43NO2. The van der Waals surface area contributed by atoms with Gasteiger partial charge >= 0.3 is 0 Å². The van der Waals surface area contributed by atoms with E-state index in [9.17, 15) is 10.2 Å². The molecule has 3 heteroatoms. The van der Waals surface area contributed by atoms with E-state index < -0.39 is 6.10 Å². The summed E-state index contributed by atoms with van der Waals surface area (Å²) in [6, 6.07) is 0. The van der Waals surface area contributed by atoms with E-state index in [0.29, 0.717) is 6.42 Å². The molecule has 0 aromatic heterocycles. The second kappa shape index (κ2) is 18.2. The third-order valence-corrected chi connectivity index (χ3v) is 4.71. The average molecular weight is 330 g/mol. The fraction of sp³-hybridized carbons (Fsp3) is 1.00. The number of unbranched alkanes of at least 4 members (excludes halogenated alkanes) is 13. The van der Waals surface area contributed by atoms with Gasteiger partial charge < -0.3 is 15.9 Å². The zero-order chi connectivity index (χ0) is 17.2. The van der Waals surface area contributed by atoms with Gasteiger partial charge in [-0.05, 0) is 6.42 Å². The molecule has 23 heavy (non-hydrogen) atoms. The van der Waals surface area contributed by atoms with E-state index in [1.165, 1.54) is 83.5 Å². The van der Waals surface area contributed by atoms with E-state index in [2.05, 4.69) is 6.92 Å². The molecule has 0 aromatic rings. The van der Waals surface area contributed by atoms with E-state index in [1.54, 1.807) is 0 Å². The van der Waals surface area contributed by atoms with Crippen molar-refractivity contribution < 1.29 is 10.2 Å². The lowest BCUT2D eigenvalue weighted by Crippen LogP contribution is -2.25. The van der Waals surface area contributed by atoms with Crippen molar-refractivity contribution in [2.24, 2.45) is 5.73 Å². The van der Waals surface area contributed by atoms with E-state index in [0.717, 1.165) is 12.8 Å². The largest absolute Gasteiger partial charge is 0.393 e. The molecule has 0 fully saturated rings. The minimum absolute atomic E-state index is 0.246. The molecule has 0 aliphatic rings.